The Balaban J connectivity index is 1.66. The summed E-state index contributed by atoms with van der Waals surface area (Å²) in [6, 6.07) is 20.4. The lowest BCUT2D eigenvalue weighted by molar-refractivity contribution is -0.117. The van der Waals surface area contributed by atoms with Gasteiger partial charge in [-0.1, -0.05) is 87.0 Å². The highest BCUT2D eigenvalue weighted by molar-refractivity contribution is 7.17. The minimum Gasteiger partial charge on any atom is -0.506 e. The zero-order valence-electron chi connectivity index (χ0n) is 21.9. The van der Waals surface area contributed by atoms with Crippen LogP contribution in [0.2, 0.25) is 5.02 Å². The smallest absolute Gasteiger partial charge is 0.294 e. The van der Waals surface area contributed by atoms with Gasteiger partial charge in [-0.3, -0.25) is 14.5 Å². The second-order valence-electron chi connectivity index (χ2n) is 10.5. The molecule has 0 radical (unpaired) electrons. The van der Waals surface area contributed by atoms with E-state index in [2.05, 4.69) is 25.8 Å². The van der Waals surface area contributed by atoms with E-state index in [1.54, 1.807) is 6.92 Å². The van der Waals surface area contributed by atoms with Crippen molar-refractivity contribution in [2.45, 2.75) is 39.2 Å². The van der Waals surface area contributed by atoms with Gasteiger partial charge >= 0.3 is 0 Å². The minimum atomic E-state index is -0.995. The fourth-order valence-electron chi connectivity index (χ4n) is 4.69. The predicted molar refractivity (Wildman–Crippen MR) is 155 cm³/mol. The Labute approximate surface area is 235 Å². The van der Waals surface area contributed by atoms with E-state index in [4.69, 9.17) is 11.6 Å². The number of phenols is 1. The summed E-state index contributed by atoms with van der Waals surface area (Å²) in [7, 11) is 0. The zero-order valence-corrected chi connectivity index (χ0v) is 23.5. The number of benzene rings is 3. The molecule has 1 aromatic heterocycles. The van der Waals surface area contributed by atoms with Gasteiger partial charge in [0.25, 0.3) is 5.91 Å². The zero-order chi connectivity index (χ0) is 28.1. The standard InChI is InChI=1S/C31H27ClN2O4S/c1-17-28(39-29(33-17)19-8-6-5-7-9-19)26(36)24-25(18-10-12-20(13-11-18)31(2,3)4)34(30(38)27(24)37)22-16-21(32)14-15-23(22)35/h5-16,25,35,37H,1-4H3. The van der Waals surface area contributed by atoms with Gasteiger partial charge in [0.2, 0.25) is 5.78 Å². The highest BCUT2D eigenvalue weighted by Crippen LogP contribution is 2.46. The number of aliphatic hydroxyl groups is 1. The number of rotatable bonds is 5. The van der Waals surface area contributed by atoms with Crippen LogP contribution >= 0.6 is 22.9 Å². The van der Waals surface area contributed by atoms with Crippen molar-refractivity contribution in [1.82, 2.24) is 4.98 Å². The second-order valence-corrected chi connectivity index (χ2v) is 11.9. The summed E-state index contributed by atoms with van der Waals surface area (Å²) < 4.78 is 0. The molecule has 1 unspecified atom stereocenters. The molecule has 6 nitrogen and oxygen atoms in total. The predicted octanol–water partition coefficient (Wildman–Crippen LogP) is 7.56. The van der Waals surface area contributed by atoms with Gasteiger partial charge in [-0.25, -0.2) is 4.98 Å². The van der Waals surface area contributed by atoms with Gasteiger partial charge < -0.3 is 10.2 Å². The summed E-state index contributed by atoms with van der Waals surface area (Å²) in [6.07, 6.45) is 0. The number of hydrogen-bond acceptors (Lipinski definition) is 6. The second kappa shape index (κ2) is 9.98. The van der Waals surface area contributed by atoms with Crippen LogP contribution in [-0.4, -0.2) is 26.9 Å². The summed E-state index contributed by atoms with van der Waals surface area (Å²) in [4.78, 5) is 33.8. The van der Waals surface area contributed by atoms with Gasteiger partial charge in [-0.05, 0) is 41.7 Å². The van der Waals surface area contributed by atoms with E-state index in [-0.39, 0.29) is 22.4 Å². The Hall–Kier alpha value is -3.94. The van der Waals surface area contributed by atoms with Crippen LogP contribution in [0.3, 0.4) is 0 Å². The molecule has 0 bridgehead atoms. The van der Waals surface area contributed by atoms with Crippen molar-refractivity contribution < 1.29 is 19.8 Å². The number of Topliss-reactive ketones (excluding diaryl/α,β-unsaturated/α-hetero) is 1. The average Bonchev–Trinajstić information content (AvgIpc) is 3.42. The van der Waals surface area contributed by atoms with Crippen LogP contribution in [-0.2, 0) is 10.2 Å². The van der Waals surface area contributed by atoms with Crippen LogP contribution in [0, 0.1) is 6.92 Å². The minimum absolute atomic E-state index is 0.0748. The monoisotopic (exact) mass is 558 g/mol. The van der Waals surface area contributed by atoms with Gasteiger partial charge in [0.1, 0.15) is 10.8 Å². The largest absolute Gasteiger partial charge is 0.506 e. The molecule has 4 aromatic rings. The topological polar surface area (TPSA) is 90.7 Å². The summed E-state index contributed by atoms with van der Waals surface area (Å²) in [5.41, 5.74) is 2.95. The molecule has 2 heterocycles. The van der Waals surface area contributed by atoms with Crippen molar-refractivity contribution in [2.75, 3.05) is 4.90 Å². The number of nitrogens with zero attached hydrogens (tertiary/aromatic N) is 2. The third-order valence-electron chi connectivity index (χ3n) is 6.77. The van der Waals surface area contributed by atoms with Crippen molar-refractivity contribution in [1.29, 1.82) is 0 Å². The lowest BCUT2D eigenvalue weighted by Crippen LogP contribution is -2.31. The Morgan fingerprint density at radius 2 is 1.67 bits per heavy atom. The molecule has 3 aromatic carbocycles. The molecule has 1 aliphatic rings. The first kappa shape index (κ1) is 26.7. The molecule has 1 atom stereocenters. The number of aryl methyl sites for hydroxylation is 1. The number of aliphatic hydroxyl groups excluding tert-OH is 1. The third kappa shape index (κ3) is 4.84. The molecule has 2 N–H and O–H groups in total. The van der Waals surface area contributed by atoms with E-state index >= 15 is 0 Å². The fourth-order valence-corrected chi connectivity index (χ4v) is 5.88. The number of halogens is 1. The highest BCUT2D eigenvalue weighted by Gasteiger charge is 2.46. The van der Waals surface area contributed by atoms with Gasteiger partial charge in [0.05, 0.1) is 27.9 Å². The number of anilines is 1. The SMILES string of the molecule is Cc1nc(-c2ccccc2)sc1C(=O)C1=C(O)C(=O)N(c2cc(Cl)ccc2O)C1c1ccc(C(C)(C)C)cc1. The van der Waals surface area contributed by atoms with E-state index in [0.717, 1.165) is 11.1 Å². The van der Waals surface area contributed by atoms with Crippen molar-refractivity contribution in [2.24, 2.45) is 0 Å². The van der Waals surface area contributed by atoms with Crippen LogP contribution in [0.25, 0.3) is 10.6 Å². The molecule has 1 amide bonds. The Morgan fingerprint density at radius 3 is 2.31 bits per heavy atom. The molecule has 198 valence electrons. The quantitative estimate of drug-likeness (QED) is 0.247. The molecule has 0 aliphatic carbocycles. The van der Waals surface area contributed by atoms with E-state index in [9.17, 15) is 19.8 Å². The molecule has 0 saturated heterocycles. The van der Waals surface area contributed by atoms with Gasteiger partial charge in [-0.2, -0.15) is 0 Å². The Bertz CT molecular complexity index is 1620. The van der Waals surface area contributed by atoms with E-state index in [0.29, 0.717) is 26.2 Å². The Kier molecular flexibility index (Phi) is 6.83. The van der Waals surface area contributed by atoms with Crippen LogP contribution in [0.15, 0.2) is 84.1 Å². The number of ketones is 1. The maximum absolute atomic E-state index is 14.1. The van der Waals surface area contributed by atoms with Crippen molar-refractivity contribution in [3.63, 3.8) is 0 Å². The van der Waals surface area contributed by atoms with Crippen LogP contribution < -0.4 is 4.90 Å². The number of phenolic OH excluding ortho intramolecular Hbond substituents is 1. The molecule has 5 rings (SSSR count). The van der Waals surface area contributed by atoms with Crippen LogP contribution in [0.1, 0.15) is 53.3 Å². The first-order valence-corrected chi connectivity index (χ1v) is 13.6. The third-order valence-corrected chi connectivity index (χ3v) is 8.21. The number of aromatic nitrogens is 1. The maximum Gasteiger partial charge on any atom is 0.294 e. The molecule has 0 saturated carbocycles. The van der Waals surface area contributed by atoms with Gasteiger partial charge in [0.15, 0.2) is 5.76 Å². The normalized spacial score (nSPS) is 15.8. The fraction of sp³-hybridized carbons (Fsp3) is 0.194. The molecule has 0 fully saturated rings. The first-order valence-electron chi connectivity index (χ1n) is 12.4. The number of amides is 1. The van der Waals surface area contributed by atoms with Crippen molar-refractivity contribution in [3.05, 3.63) is 111 Å². The Morgan fingerprint density at radius 1 is 1.00 bits per heavy atom. The maximum atomic E-state index is 14.1. The van der Waals surface area contributed by atoms with Crippen LogP contribution in [0.5, 0.6) is 5.75 Å². The number of aromatic hydroxyl groups is 1. The molecular formula is C31H27ClN2O4S. The van der Waals surface area contributed by atoms with E-state index < -0.39 is 23.5 Å². The summed E-state index contributed by atoms with van der Waals surface area (Å²) >= 11 is 7.43. The summed E-state index contributed by atoms with van der Waals surface area (Å²) in [5, 5.41) is 22.8. The molecule has 0 spiro atoms. The summed E-state index contributed by atoms with van der Waals surface area (Å²) in [6.45, 7) is 8.01. The molecule has 39 heavy (non-hydrogen) atoms. The number of carbonyl (C=O) groups excluding carboxylic acids is 2. The molecule has 8 heteroatoms. The van der Waals surface area contributed by atoms with Crippen molar-refractivity contribution >= 4 is 40.3 Å². The van der Waals surface area contributed by atoms with E-state index in [1.165, 1.54) is 34.4 Å². The average molecular weight is 559 g/mol. The lowest BCUT2D eigenvalue weighted by atomic mass is 9.85. The van der Waals surface area contributed by atoms with Gasteiger partial charge in [-0.15, -0.1) is 11.3 Å². The number of hydrogen-bond donors (Lipinski definition) is 2. The molecular weight excluding hydrogens is 532 g/mol. The van der Waals surface area contributed by atoms with Crippen LogP contribution in [0.4, 0.5) is 5.69 Å². The number of carbonyl (C=O) groups is 2. The first-order chi connectivity index (χ1) is 18.5. The molecule has 1 aliphatic heterocycles. The van der Waals surface area contributed by atoms with Crippen molar-refractivity contribution in [3.8, 4) is 16.3 Å². The van der Waals surface area contributed by atoms with Gasteiger partial charge in [0, 0.05) is 10.6 Å². The summed E-state index contributed by atoms with van der Waals surface area (Å²) in [5.74, 6) is -2.16. The lowest BCUT2D eigenvalue weighted by Gasteiger charge is -2.28. The van der Waals surface area contributed by atoms with E-state index in [1.807, 2.05) is 54.6 Å². The highest BCUT2D eigenvalue weighted by atomic mass is 35.5. The number of thiazole rings is 1.